The highest BCUT2D eigenvalue weighted by Gasteiger charge is 2.35. The van der Waals surface area contributed by atoms with Crippen molar-refractivity contribution in [3.63, 3.8) is 0 Å². The molecule has 0 saturated heterocycles. The van der Waals surface area contributed by atoms with Gasteiger partial charge in [0.15, 0.2) is 0 Å². The van der Waals surface area contributed by atoms with Crippen molar-refractivity contribution in [1.82, 2.24) is 19.3 Å². The molecule has 0 fully saturated rings. The molecule has 1 aliphatic rings. The van der Waals surface area contributed by atoms with E-state index in [-0.39, 0.29) is 12.3 Å². The first-order valence-corrected chi connectivity index (χ1v) is 9.72. The second-order valence-electron chi connectivity index (χ2n) is 7.64. The van der Waals surface area contributed by atoms with Crippen molar-refractivity contribution in [2.24, 2.45) is 7.05 Å². The van der Waals surface area contributed by atoms with E-state index in [1.54, 1.807) is 4.68 Å². The molecule has 0 radical (unpaired) electrons. The molecule has 0 aliphatic carbocycles. The number of imidazole rings is 1. The number of nitrogens with zero attached hydrogens (tertiary/aromatic N) is 4. The van der Waals surface area contributed by atoms with Gasteiger partial charge in [0.1, 0.15) is 5.82 Å². The fraction of sp³-hybridized carbons (Fsp3) is 0.227. The van der Waals surface area contributed by atoms with Crippen LogP contribution in [0, 0.1) is 6.92 Å². The molecule has 0 spiro atoms. The molecule has 31 heavy (non-hydrogen) atoms. The molecule has 158 valence electrons. The molecule has 9 heteroatoms. The average Bonchev–Trinajstić information content (AvgIpc) is 3.24. The summed E-state index contributed by atoms with van der Waals surface area (Å²) in [5.41, 5.74) is 3.10. The number of nitrogens with one attached hydrogen (secondary N) is 1. The summed E-state index contributed by atoms with van der Waals surface area (Å²) in [7, 11) is 1.87. The molecule has 2 aromatic carbocycles. The van der Waals surface area contributed by atoms with Gasteiger partial charge < -0.3 is 9.88 Å². The van der Waals surface area contributed by atoms with Crippen molar-refractivity contribution in [2.75, 3.05) is 5.32 Å². The fourth-order valence-corrected chi connectivity index (χ4v) is 4.20. The Hall–Kier alpha value is -3.62. The van der Waals surface area contributed by atoms with Crippen LogP contribution >= 0.6 is 0 Å². The Labute approximate surface area is 175 Å². The summed E-state index contributed by atoms with van der Waals surface area (Å²) in [5, 5.41) is 7.51. The van der Waals surface area contributed by atoms with Crippen LogP contribution in [0.4, 0.5) is 19.0 Å². The van der Waals surface area contributed by atoms with Gasteiger partial charge in [-0.2, -0.15) is 23.0 Å². The normalized spacial score (nSPS) is 16.4. The molecule has 1 N–H and O–H groups in total. The highest BCUT2D eigenvalue weighted by molar-refractivity contribution is 5.95. The third kappa shape index (κ3) is 3.08. The Bertz CT molecular complexity index is 1320. The van der Waals surface area contributed by atoms with Gasteiger partial charge in [-0.15, -0.1) is 0 Å². The maximum Gasteiger partial charge on any atom is 0.416 e. The van der Waals surface area contributed by atoms with E-state index in [4.69, 9.17) is 0 Å². The van der Waals surface area contributed by atoms with Gasteiger partial charge in [-0.05, 0) is 36.8 Å². The van der Waals surface area contributed by atoms with Gasteiger partial charge in [-0.1, -0.05) is 24.3 Å². The molecule has 3 heterocycles. The third-order valence-corrected chi connectivity index (χ3v) is 5.70. The topological polar surface area (TPSA) is 64.7 Å². The van der Waals surface area contributed by atoms with Crippen LogP contribution in [0.2, 0.25) is 0 Å². The zero-order chi connectivity index (χ0) is 21.9. The minimum atomic E-state index is -4.41. The van der Waals surface area contributed by atoms with Crippen LogP contribution in [0.3, 0.4) is 0 Å². The highest BCUT2D eigenvalue weighted by Crippen LogP contribution is 2.41. The lowest BCUT2D eigenvalue weighted by atomic mass is 9.85. The Morgan fingerprint density at radius 2 is 1.81 bits per heavy atom. The number of aryl methyl sites for hydroxylation is 2. The summed E-state index contributed by atoms with van der Waals surface area (Å²) < 4.78 is 42.4. The summed E-state index contributed by atoms with van der Waals surface area (Å²) >= 11 is 0. The molecule has 4 aromatic rings. The van der Waals surface area contributed by atoms with Crippen LogP contribution in [0.15, 0.2) is 48.5 Å². The number of hydrogen-bond acceptors (Lipinski definition) is 3. The van der Waals surface area contributed by atoms with E-state index in [9.17, 15) is 18.0 Å². The molecule has 0 unspecified atom stereocenters. The average molecular weight is 425 g/mol. The standard InChI is InChI=1S/C22H18F3N5O/c1-12-19-15(13-7-9-14(10-8-13)22(23,24)25)11-18(31)27-20(19)30(28-12)21-26-16-5-3-4-6-17(16)29(21)2/h3-10,15H,11H2,1-2H3,(H,27,31)/t15-/m0/s1. The Morgan fingerprint density at radius 1 is 1.10 bits per heavy atom. The Kier molecular flexibility index (Phi) is 4.18. The molecule has 1 atom stereocenters. The molecule has 5 rings (SSSR count). The van der Waals surface area contributed by atoms with Gasteiger partial charge in [-0.3, -0.25) is 4.79 Å². The first-order chi connectivity index (χ1) is 14.7. The molecular weight excluding hydrogens is 407 g/mol. The molecule has 6 nitrogen and oxygen atoms in total. The second kappa shape index (κ2) is 6.69. The van der Waals surface area contributed by atoms with Gasteiger partial charge in [-0.25, -0.2) is 4.98 Å². The summed E-state index contributed by atoms with van der Waals surface area (Å²) in [6, 6.07) is 12.6. The van der Waals surface area contributed by atoms with E-state index in [0.29, 0.717) is 23.0 Å². The van der Waals surface area contributed by atoms with Crippen LogP contribution in [0.5, 0.6) is 0 Å². The quantitative estimate of drug-likeness (QED) is 0.512. The number of halogens is 3. The molecule has 0 bridgehead atoms. The number of aromatic nitrogens is 4. The number of fused-ring (bicyclic) bond motifs is 2. The maximum atomic E-state index is 13.0. The lowest BCUT2D eigenvalue weighted by molar-refractivity contribution is -0.137. The summed E-state index contributed by atoms with van der Waals surface area (Å²) in [4.78, 5) is 17.2. The number of amides is 1. The van der Waals surface area contributed by atoms with Crippen molar-refractivity contribution < 1.29 is 18.0 Å². The van der Waals surface area contributed by atoms with E-state index in [1.165, 1.54) is 12.1 Å². The van der Waals surface area contributed by atoms with Gasteiger partial charge in [0.05, 0.1) is 22.3 Å². The van der Waals surface area contributed by atoms with Crippen LogP contribution in [-0.4, -0.2) is 25.2 Å². The predicted molar refractivity (Wildman–Crippen MR) is 109 cm³/mol. The SMILES string of the molecule is Cc1nn(-c2nc3ccccc3n2C)c2c1[C@H](c1ccc(C(F)(F)F)cc1)CC(=O)N2. The van der Waals surface area contributed by atoms with E-state index in [2.05, 4.69) is 15.4 Å². The Morgan fingerprint density at radius 3 is 2.48 bits per heavy atom. The van der Waals surface area contributed by atoms with Gasteiger partial charge >= 0.3 is 6.18 Å². The zero-order valence-corrected chi connectivity index (χ0v) is 16.7. The monoisotopic (exact) mass is 425 g/mol. The smallest absolute Gasteiger partial charge is 0.311 e. The molecule has 1 aliphatic heterocycles. The van der Waals surface area contributed by atoms with Crippen molar-refractivity contribution in [3.05, 3.63) is 70.9 Å². The predicted octanol–water partition coefficient (Wildman–Crippen LogP) is 4.56. The molecular formula is C22H18F3N5O. The van der Waals surface area contributed by atoms with E-state index < -0.39 is 17.7 Å². The van der Waals surface area contributed by atoms with Gasteiger partial charge in [0.25, 0.3) is 0 Å². The summed E-state index contributed by atoms with van der Waals surface area (Å²) in [6.45, 7) is 1.83. The first kappa shape index (κ1) is 19.3. The van der Waals surface area contributed by atoms with Crippen LogP contribution in [0.25, 0.3) is 17.0 Å². The van der Waals surface area contributed by atoms with Gasteiger partial charge in [0, 0.05) is 24.9 Å². The van der Waals surface area contributed by atoms with E-state index in [1.807, 2.05) is 42.8 Å². The number of hydrogen-bond donors (Lipinski definition) is 1. The van der Waals surface area contributed by atoms with Crippen LogP contribution in [-0.2, 0) is 18.0 Å². The number of alkyl halides is 3. The van der Waals surface area contributed by atoms with Crippen molar-refractivity contribution >= 4 is 22.8 Å². The fourth-order valence-electron chi connectivity index (χ4n) is 4.20. The second-order valence-corrected chi connectivity index (χ2v) is 7.64. The van der Waals surface area contributed by atoms with Gasteiger partial charge in [0.2, 0.25) is 11.9 Å². The first-order valence-electron chi connectivity index (χ1n) is 9.72. The van der Waals surface area contributed by atoms with Crippen molar-refractivity contribution in [1.29, 1.82) is 0 Å². The van der Waals surface area contributed by atoms with Crippen molar-refractivity contribution in [3.8, 4) is 5.95 Å². The summed E-state index contributed by atoms with van der Waals surface area (Å²) in [5.74, 6) is 0.419. The van der Waals surface area contributed by atoms with Crippen LogP contribution < -0.4 is 5.32 Å². The molecule has 1 amide bonds. The third-order valence-electron chi connectivity index (χ3n) is 5.70. The van der Waals surface area contributed by atoms with E-state index >= 15 is 0 Å². The number of rotatable bonds is 2. The van der Waals surface area contributed by atoms with E-state index in [0.717, 1.165) is 28.7 Å². The number of anilines is 1. The highest BCUT2D eigenvalue weighted by atomic mass is 19.4. The zero-order valence-electron chi connectivity index (χ0n) is 16.7. The minimum Gasteiger partial charge on any atom is -0.311 e. The number of carbonyl (C=O) groups excluding carboxylic acids is 1. The number of para-hydroxylation sites is 2. The number of benzene rings is 2. The lowest BCUT2D eigenvalue weighted by Crippen LogP contribution is -2.25. The maximum absolute atomic E-state index is 13.0. The molecule has 2 aromatic heterocycles. The largest absolute Gasteiger partial charge is 0.416 e. The number of carbonyl (C=O) groups is 1. The van der Waals surface area contributed by atoms with Crippen LogP contribution in [0.1, 0.15) is 34.7 Å². The lowest BCUT2D eigenvalue weighted by Gasteiger charge is -2.24. The Balaban J connectivity index is 1.64. The summed E-state index contributed by atoms with van der Waals surface area (Å²) in [6.07, 6.45) is -4.28. The molecule has 0 saturated carbocycles. The minimum absolute atomic E-state index is 0.132. The van der Waals surface area contributed by atoms with Crippen molar-refractivity contribution in [2.45, 2.75) is 25.4 Å².